The lowest BCUT2D eigenvalue weighted by Crippen LogP contribution is -2.37. The number of aliphatic hydroxyl groups excluding tert-OH is 1. The van der Waals surface area contributed by atoms with E-state index in [1.165, 1.54) is 10.4 Å². The Morgan fingerprint density at radius 3 is 2.50 bits per heavy atom. The summed E-state index contributed by atoms with van der Waals surface area (Å²) in [6, 6.07) is 0. The summed E-state index contributed by atoms with van der Waals surface area (Å²) < 4.78 is 5.70. The molecule has 8 heteroatoms. The SMILES string of the molecule is CC(C)(C)c1noc(-c2c(NC(O)C3=C(C(=O)O)C4CCC3CC4)sc3c2CCCC3)n1. The average Bonchev–Trinajstić information content (AvgIpc) is 3.38. The second kappa shape index (κ2) is 7.99. The number of hydrogen-bond acceptors (Lipinski definition) is 7. The van der Waals surface area contributed by atoms with Gasteiger partial charge in [-0.3, -0.25) is 0 Å². The molecule has 4 aliphatic rings. The third-order valence-corrected chi connectivity index (χ3v) is 8.38. The van der Waals surface area contributed by atoms with Gasteiger partial charge >= 0.3 is 5.97 Å². The van der Waals surface area contributed by atoms with E-state index in [1.54, 1.807) is 11.3 Å². The number of carbonyl (C=O) groups is 1. The molecule has 0 spiro atoms. The molecule has 1 saturated carbocycles. The number of aliphatic carboxylic acids is 1. The Labute approximate surface area is 191 Å². The number of thiophene rings is 1. The molecule has 0 radical (unpaired) electrons. The van der Waals surface area contributed by atoms with Gasteiger partial charge in [0.25, 0.3) is 5.89 Å². The lowest BCUT2D eigenvalue weighted by molar-refractivity contribution is -0.134. The Morgan fingerprint density at radius 2 is 1.84 bits per heavy atom. The lowest BCUT2D eigenvalue weighted by Gasteiger charge is -2.40. The maximum Gasteiger partial charge on any atom is 0.331 e. The molecule has 32 heavy (non-hydrogen) atoms. The Balaban J connectivity index is 1.54. The smallest absolute Gasteiger partial charge is 0.331 e. The van der Waals surface area contributed by atoms with Crippen LogP contribution < -0.4 is 5.32 Å². The number of fused-ring (bicyclic) bond motifs is 3. The fourth-order valence-corrected chi connectivity index (χ4v) is 6.85. The number of hydrogen-bond donors (Lipinski definition) is 3. The normalized spacial score (nSPS) is 23.9. The Morgan fingerprint density at radius 1 is 1.16 bits per heavy atom. The predicted molar refractivity (Wildman–Crippen MR) is 123 cm³/mol. The van der Waals surface area contributed by atoms with Crippen LogP contribution in [0.25, 0.3) is 11.5 Å². The van der Waals surface area contributed by atoms with Crippen molar-refractivity contribution in [2.24, 2.45) is 11.8 Å². The quantitative estimate of drug-likeness (QED) is 0.548. The fourth-order valence-electron chi connectivity index (χ4n) is 5.54. The topological polar surface area (TPSA) is 108 Å². The van der Waals surface area contributed by atoms with Gasteiger partial charge in [0.2, 0.25) is 0 Å². The van der Waals surface area contributed by atoms with E-state index in [1.807, 2.05) is 20.8 Å². The molecule has 2 aromatic heterocycles. The van der Waals surface area contributed by atoms with Gasteiger partial charge in [0.05, 0.1) is 5.56 Å². The maximum absolute atomic E-state index is 12.0. The molecule has 4 aliphatic carbocycles. The van der Waals surface area contributed by atoms with Gasteiger partial charge in [0.1, 0.15) is 11.2 Å². The molecule has 2 heterocycles. The van der Waals surface area contributed by atoms with E-state index in [4.69, 9.17) is 9.51 Å². The second-order valence-corrected chi connectivity index (χ2v) is 11.5. The summed E-state index contributed by atoms with van der Waals surface area (Å²) in [6.45, 7) is 6.14. The molecule has 2 bridgehead atoms. The van der Waals surface area contributed by atoms with E-state index in [9.17, 15) is 15.0 Å². The van der Waals surface area contributed by atoms with Crippen molar-refractivity contribution in [3.05, 3.63) is 27.4 Å². The standard InChI is InChI=1S/C24H31N3O4S/c1-24(2,3)23-26-20(31-27-23)18-14-6-4-5-7-15(14)32-21(18)25-19(28)16-12-8-10-13(11-9-12)17(16)22(29)30/h12-13,19,25,28H,4-11H2,1-3H3,(H,29,30). The van der Waals surface area contributed by atoms with Gasteiger partial charge in [0, 0.05) is 15.9 Å². The highest BCUT2D eigenvalue weighted by molar-refractivity contribution is 7.17. The van der Waals surface area contributed by atoms with Crippen molar-refractivity contribution < 1.29 is 19.5 Å². The first-order valence-electron chi connectivity index (χ1n) is 11.6. The van der Waals surface area contributed by atoms with Crippen molar-refractivity contribution >= 4 is 22.3 Å². The summed E-state index contributed by atoms with van der Waals surface area (Å²) in [7, 11) is 0. The van der Waals surface area contributed by atoms with Crippen LogP contribution in [-0.2, 0) is 23.1 Å². The van der Waals surface area contributed by atoms with Crippen LogP contribution in [0, 0.1) is 11.8 Å². The minimum absolute atomic E-state index is 0.0465. The highest BCUT2D eigenvalue weighted by Gasteiger charge is 2.41. The molecule has 7 nitrogen and oxygen atoms in total. The molecule has 0 amide bonds. The van der Waals surface area contributed by atoms with E-state index in [-0.39, 0.29) is 17.3 Å². The second-order valence-electron chi connectivity index (χ2n) is 10.4. The molecule has 2 aromatic rings. The first kappa shape index (κ1) is 21.6. The number of carboxylic acid groups (broad SMARTS) is 1. The number of nitrogens with zero attached hydrogens (tertiary/aromatic N) is 2. The molecular weight excluding hydrogens is 426 g/mol. The number of rotatable bonds is 5. The largest absolute Gasteiger partial charge is 0.478 e. The lowest BCUT2D eigenvalue weighted by atomic mass is 9.66. The minimum Gasteiger partial charge on any atom is -0.478 e. The number of anilines is 1. The first-order chi connectivity index (χ1) is 15.2. The van der Waals surface area contributed by atoms with E-state index in [0.29, 0.717) is 22.9 Å². The molecule has 172 valence electrons. The Bertz CT molecular complexity index is 1070. The van der Waals surface area contributed by atoms with Crippen molar-refractivity contribution in [1.29, 1.82) is 0 Å². The van der Waals surface area contributed by atoms with Crippen LogP contribution in [-0.4, -0.2) is 32.6 Å². The first-order valence-corrected chi connectivity index (χ1v) is 12.5. The fraction of sp³-hybridized carbons (Fsp3) is 0.625. The molecule has 0 aliphatic heterocycles. The zero-order valence-electron chi connectivity index (χ0n) is 18.9. The summed E-state index contributed by atoms with van der Waals surface area (Å²) in [6.07, 6.45) is 6.86. The molecule has 1 unspecified atom stereocenters. The molecule has 6 rings (SSSR count). The predicted octanol–water partition coefficient (Wildman–Crippen LogP) is 4.91. The third kappa shape index (κ3) is 3.67. The van der Waals surface area contributed by atoms with E-state index < -0.39 is 12.2 Å². The maximum atomic E-state index is 12.0. The van der Waals surface area contributed by atoms with Gasteiger partial charge in [-0.15, -0.1) is 11.3 Å². The van der Waals surface area contributed by atoms with Crippen molar-refractivity contribution in [1.82, 2.24) is 10.1 Å². The summed E-state index contributed by atoms with van der Waals surface area (Å²) in [5.74, 6) is 0.400. The van der Waals surface area contributed by atoms with E-state index in [2.05, 4.69) is 10.5 Å². The Hall–Kier alpha value is -2.19. The average molecular weight is 458 g/mol. The minimum atomic E-state index is -1.03. The zero-order valence-corrected chi connectivity index (χ0v) is 19.7. The molecule has 0 aromatic carbocycles. The third-order valence-electron chi connectivity index (χ3n) is 7.16. The highest BCUT2D eigenvalue weighted by Crippen LogP contribution is 2.48. The van der Waals surface area contributed by atoms with E-state index in [0.717, 1.165) is 61.9 Å². The summed E-state index contributed by atoms with van der Waals surface area (Å²) in [4.78, 5) is 18.0. The van der Waals surface area contributed by atoms with Gasteiger partial charge in [-0.1, -0.05) is 25.9 Å². The van der Waals surface area contributed by atoms with Gasteiger partial charge in [0.15, 0.2) is 5.82 Å². The summed E-state index contributed by atoms with van der Waals surface area (Å²) in [5, 5.41) is 29.4. The van der Waals surface area contributed by atoms with Crippen LogP contribution in [0.1, 0.15) is 75.6 Å². The van der Waals surface area contributed by atoms with Gasteiger partial charge in [-0.25, -0.2) is 4.79 Å². The van der Waals surface area contributed by atoms with Crippen LogP contribution in [0.3, 0.4) is 0 Å². The number of carboxylic acids is 1. The van der Waals surface area contributed by atoms with Gasteiger partial charge in [-0.05, 0) is 74.3 Å². The van der Waals surface area contributed by atoms with Gasteiger partial charge < -0.3 is 20.1 Å². The number of nitrogens with one attached hydrogen (secondary N) is 1. The van der Waals surface area contributed by atoms with Crippen molar-refractivity contribution in [3.63, 3.8) is 0 Å². The monoisotopic (exact) mass is 457 g/mol. The van der Waals surface area contributed by atoms with Crippen LogP contribution >= 0.6 is 11.3 Å². The van der Waals surface area contributed by atoms with Gasteiger partial charge in [-0.2, -0.15) is 4.98 Å². The van der Waals surface area contributed by atoms with E-state index >= 15 is 0 Å². The summed E-state index contributed by atoms with van der Waals surface area (Å²) >= 11 is 1.63. The summed E-state index contributed by atoms with van der Waals surface area (Å²) in [5.41, 5.74) is 2.96. The molecule has 3 N–H and O–H groups in total. The van der Waals surface area contributed by atoms with Crippen LogP contribution in [0.2, 0.25) is 0 Å². The number of aliphatic hydroxyl groups is 1. The molecule has 1 atom stereocenters. The molecular formula is C24H31N3O4S. The zero-order chi connectivity index (χ0) is 22.6. The molecule has 1 fully saturated rings. The highest BCUT2D eigenvalue weighted by atomic mass is 32.1. The van der Waals surface area contributed by atoms with Crippen molar-refractivity contribution in [3.8, 4) is 11.5 Å². The van der Waals surface area contributed by atoms with Crippen LogP contribution in [0.5, 0.6) is 0 Å². The number of aromatic nitrogens is 2. The Kier molecular flexibility index (Phi) is 5.40. The van der Waals surface area contributed by atoms with Crippen LogP contribution in [0.15, 0.2) is 15.7 Å². The van der Waals surface area contributed by atoms with Crippen molar-refractivity contribution in [2.45, 2.75) is 83.8 Å². The van der Waals surface area contributed by atoms with Crippen molar-refractivity contribution in [2.75, 3.05) is 5.32 Å². The van der Waals surface area contributed by atoms with Crippen LogP contribution in [0.4, 0.5) is 5.00 Å². The number of aryl methyl sites for hydroxylation is 1. The molecule has 0 saturated heterocycles.